The fraction of sp³-hybridized carbons (Fsp3) is 0.933. The molecular formula is C15H30O2. The van der Waals surface area contributed by atoms with Crippen molar-refractivity contribution in [2.45, 2.75) is 78.6 Å². The molecule has 2 heteroatoms. The first kappa shape index (κ1) is 16.5. The summed E-state index contributed by atoms with van der Waals surface area (Å²) in [6, 6.07) is 0. The van der Waals surface area contributed by atoms with Crippen molar-refractivity contribution in [1.82, 2.24) is 0 Å². The molecule has 0 bridgehead atoms. The van der Waals surface area contributed by atoms with Gasteiger partial charge in [-0.25, -0.2) is 0 Å². The second-order valence-corrected chi connectivity index (χ2v) is 6.11. The van der Waals surface area contributed by atoms with Crippen molar-refractivity contribution in [3.05, 3.63) is 0 Å². The molecule has 0 unspecified atom stereocenters. The molecule has 0 fully saturated rings. The van der Waals surface area contributed by atoms with Crippen molar-refractivity contribution in [2.75, 3.05) is 6.61 Å². The maximum atomic E-state index is 9.89. The lowest BCUT2D eigenvalue weighted by molar-refractivity contribution is -0.128. The fourth-order valence-electron chi connectivity index (χ4n) is 1.95. The largest absolute Gasteiger partial charge is 0.468 e. The minimum atomic E-state index is 0.499. The number of carbonyl (C=O) groups is 1. The van der Waals surface area contributed by atoms with Crippen molar-refractivity contribution in [3.8, 4) is 0 Å². The van der Waals surface area contributed by atoms with Crippen molar-refractivity contribution in [3.63, 3.8) is 0 Å². The molecule has 2 nitrogen and oxygen atoms in total. The first-order valence-corrected chi connectivity index (χ1v) is 7.11. The Hall–Kier alpha value is -0.530. The quantitative estimate of drug-likeness (QED) is 0.387. The highest BCUT2D eigenvalue weighted by molar-refractivity contribution is 5.36. The van der Waals surface area contributed by atoms with Gasteiger partial charge in [0.05, 0.1) is 6.61 Å². The number of rotatable bonds is 11. The maximum absolute atomic E-state index is 9.89. The Morgan fingerprint density at radius 1 is 0.824 bits per heavy atom. The highest BCUT2D eigenvalue weighted by atomic mass is 16.5. The number of ether oxygens (including phenoxy) is 1. The molecule has 0 N–H and O–H groups in total. The van der Waals surface area contributed by atoms with Crippen LogP contribution in [0.15, 0.2) is 0 Å². The molecule has 0 saturated heterocycles. The normalized spacial score (nSPS) is 11.5. The van der Waals surface area contributed by atoms with Crippen LogP contribution in [0, 0.1) is 5.41 Å². The smallest absolute Gasteiger partial charge is 0.293 e. The third-order valence-electron chi connectivity index (χ3n) is 3.01. The predicted octanol–water partition coefficient (Wildman–Crippen LogP) is 4.72. The summed E-state index contributed by atoms with van der Waals surface area (Å²) in [5, 5.41) is 0. The van der Waals surface area contributed by atoms with E-state index < -0.39 is 0 Å². The molecule has 0 atom stereocenters. The van der Waals surface area contributed by atoms with Crippen molar-refractivity contribution in [2.24, 2.45) is 5.41 Å². The second-order valence-electron chi connectivity index (χ2n) is 6.11. The Morgan fingerprint density at radius 2 is 1.29 bits per heavy atom. The van der Waals surface area contributed by atoms with E-state index in [9.17, 15) is 4.79 Å². The molecule has 0 amide bonds. The molecule has 0 saturated carbocycles. The van der Waals surface area contributed by atoms with Crippen LogP contribution in [0.3, 0.4) is 0 Å². The van der Waals surface area contributed by atoms with Gasteiger partial charge in [-0.05, 0) is 18.3 Å². The fourth-order valence-corrected chi connectivity index (χ4v) is 1.95. The molecule has 0 aliphatic carbocycles. The lowest BCUT2D eigenvalue weighted by atomic mass is 9.89. The number of hydrogen-bond acceptors (Lipinski definition) is 2. The molecule has 0 aromatic heterocycles. The first-order chi connectivity index (χ1) is 8.06. The number of unbranched alkanes of at least 4 members (excludes halogenated alkanes) is 7. The number of hydrogen-bond donors (Lipinski definition) is 0. The van der Waals surface area contributed by atoms with Crippen molar-refractivity contribution in [1.29, 1.82) is 0 Å². The molecule has 0 spiro atoms. The van der Waals surface area contributed by atoms with E-state index in [4.69, 9.17) is 0 Å². The van der Waals surface area contributed by atoms with E-state index in [0.29, 0.717) is 18.5 Å². The lowest BCUT2D eigenvalue weighted by Crippen LogP contribution is -2.03. The molecule has 0 radical (unpaired) electrons. The van der Waals surface area contributed by atoms with Crippen LogP contribution < -0.4 is 0 Å². The van der Waals surface area contributed by atoms with Crippen LogP contribution in [-0.4, -0.2) is 13.1 Å². The van der Waals surface area contributed by atoms with Crippen LogP contribution in [0.4, 0.5) is 0 Å². The van der Waals surface area contributed by atoms with E-state index in [0.717, 1.165) is 6.42 Å². The molecule has 0 aliphatic heterocycles. The van der Waals surface area contributed by atoms with Gasteiger partial charge >= 0.3 is 0 Å². The molecule has 0 rings (SSSR count). The zero-order valence-electron chi connectivity index (χ0n) is 12.0. The Bertz CT molecular complexity index is 170. The third kappa shape index (κ3) is 15.5. The Kier molecular flexibility index (Phi) is 10.3. The molecule has 0 aromatic rings. The highest BCUT2D eigenvalue weighted by Crippen LogP contribution is 2.22. The number of carbonyl (C=O) groups excluding carboxylic acids is 1. The third-order valence-corrected chi connectivity index (χ3v) is 3.01. The summed E-state index contributed by atoms with van der Waals surface area (Å²) in [5.41, 5.74) is 0.499. The van der Waals surface area contributed by atoms with Crippen molar-refractivity contribution < 1.29 is 9.53 Å². The Balaban J connectivity index is 3.01. The van der Waals surface area contributed by atoms with Gasteiger partial charge in [-0.3, -0.25) is 4.79 Å². The molecular weight excluding hydrogens is 212 g/mol. The summed E-state index contributed by atoms with van der Waals surface area (Å²) in [4.78, 5) is 9.89. The van der Waals surface area contributed by atoms with Crippen LogP contribution in [0.5, 0.6) is 0 Å². The summed E-state index contributed by atoms with van der Waals surface area (Å²) in [7, 11) is 0. The van der Waals surface area contributed by atoms with Gasteiger partial charge in [-0.2, -0.15) is 0 Å². The average molecular weight is 242 g/mol. The molecule has 17 heavy (non-hydrogen) atoms. The SMILES string of the molecule is CC(C)(C)CCCCCCCCCCOC=O. The van der Waals surface area contributed by atoms with Gasteiger partial charge < -0.3 is 4.74 Å². The van der Waals surface area contributed by atoms with Gasteiger partial charge in [0.15, 0.2) is 0 Å². The molecule has 0 aromatic carbocycles. The molecule has 0 heterocycles. The van der Waals surface area contributed by atoms with Gasteiger partial charge in [-0.1, -0.05) is 65.7 Å². The average Bonchev–Trinajstić information content (AvgIpc) is 2.24. The zero-order valence-corrected chi connectivity index (χ0v) is 12.0. The predicted molar refractivity (Wildman–Crippen MR) is 73.0 cm³/mol. The van der Waals surface area contributed by atoms with E-state index in [1.165, 1.54) is 51.4 Å². The van der Waals surface area contributed by atoms with Crippen LogP contribution in [-0.2, 0) is 9.53 Å². The summed E-state index contributed by atoms with van der Waals surface area (Å²) in [6.07, 6.45) is 11.6. The van der Waals surface area contributed by atoms with Crippen LogP contribution in [0.1, 0.15) is 78.6 Å². The summed E-state index contributed by atoms with van der Waals surface area (Å²) in [6.45, 7) is 8.07. The highest BCUT2D eigenvalue weighted by Gasteiger charge is 2.08. The summed E-state index contributed by atoms with van der Waals surface area (Å²) in [5.74, 6) is 0. The monoisotopic (exact) mass is 242 g/mol. The van der Waals surface area contributed by atoms with E-state index in [-0.39, 0.29) is 0 Å². The lowest BCUT2D eigenvalue weighted by Gasteiger charge is -2.17. The van der Waals surface area contributed by atoms with Gasteiger partial charge in [0, 0.05) is 0 Å². The Labute approximate surface area is 107 Å². The molecule has 0 aliphatic rings. The topological polar surface area (TPSA) is 26.3 Å². The van der Waals surface area contributed by atoms with E-state index >= 15 is 0 Å². The second kappa shape index (κ2) is 10.6. The molecule has 102 valence electrons. The van der Waals surface area contributed by atoms with Gasteiger partial charge in [-0.15, -0.1) is 0 Å². The van der Waals surface area contributed by atoms with E-state index in [2.05, 4.69) is 25.5 Å². The van der Waals surface area contributed by atoms with Crippen LogP contribution >= 0.6 is 0 Å². The van der Waals surface area contributed by atoms with Crippen LogP contribution in [0.25, 0.3) is 0 Å². The minimum absolute atomic E-state index is 0.499. The maximum Gasteiger partial charge on any atom is 0.293 e. The minimum Gasteiger partial charge on any atom is -0.468 e. The van der Waals surface area contributed by atoms with Crippen molar-refractivity contribution >= 4 is 6.47 Å². The first-order valence-electron chi connectivity index (χ1n) is 7.11. The zero-order chi connectivity index (χ0) is 13.0. The Morgan fingerprint density at radius 3 is 1.76 bits per heavy atom. The van der Waals surface area contributed by atoms with E-state index in [1.807, 2.05) is 0 Å². The van der Waals surface area contributed by atoms with Crippen LogP contribution in [0.2, 0.25) is 0 Å². The van der Waals surface area contributed by atoms with Gasteiger partial charge in [0.25, 0.3) is 6.47 Å². The summed E-state index contributed by atoms with van der Waals surface area (Å²) >= 11 is 0. The van der Waals surface area contributed by atoms with Gasteiger partial charge in [0.1, 0.15) is 0 Å². The standard InChI is InChI=1S/C15H30O2/c1-15(2,3)12-10-8-6-4-5-7-9-11-13-17-14-16/h14H,4-13H2,1-3H3. The van der Waals surface area contributed by atoms with E-state index in [1.54, 1.807) is 0 Å². The van der Waals surface area contributed by atoms with Gasteiger partial charge in [0.2, 0.25) is 0 Å². The summed E-state index contributed by atoms with van der Waals surface area (Å²) < 4.78 is 4.64.